The Morgan fingerprint density at radius 2 is 1.44 bits per heavy atom. The van der Waals surface area contributed by atoms with Crippen molar-refractivity contribution in [3.63, 3.8) is 0 Å². The van der Waals surface area contributed by atoms with Crippen LogP contribution in [0.2, 0.25) is 0 Å². The maximum atomic E-state index is 11.2. The number of ether oxygens (including phenoxy) is 4. The van der Waals surface area contributed by atoms with Crippen molar-refractivity contribution in [3.05, 3.63) is 142 Å². The molecule has 0 saturated carbocycles. The largest absolute Gasteiger partial charge is 0.493 e. The molecule has 48 heavy (non-hydrogen) atoms. The van der Waals surface area contributed by atoms with Gasteiger partial charge >= 0.3 is 0 Å². The fourth-order valence-corrected chi connectivity index (χ4v) is 6.49. The molecule has 2 aliphatic carbocycles. The molecule has 2 N–H and O–H groups in total. The van der Waals surface area contributed by atoms with Crippen LogP contribution in [-0.2, 0) is 9.47 Å². The molecule has 4 atom stereocenters. The molecule has 0 unspecified atom stereocenters. The maximum Gasteiger partial charge on any atom is 0.161 e. The molecule has 4 aliphatic rings. The second-order valence-corrected chi connectivity index (χ2v) is 12.0. The quantitative estimate of drug-likeness (QED) is 0.260. The lowest BCUT2D eigenvalue weighted by Crippen LogP contribution is -2.43. The lowest BCUT2D eigenvalue weighted by Gasteiger charge is -2.28. The summed E-state index contributed by atoms with van der Waals surface area (Å²) in [4.78, 5) is 11.5. The van der Waals surface area contributed by atoms with Gasteiger partial charge in [0.2, 0.25) is 0 Å². The van der Waals surface area contributed by atoms with Crippen LogP contribution in [0.5, 0.6) is 11.5 Å². The molecule has 0 saturated heterocycles. The first-order valence-corrected chi connectivity index (χ1v) is 16.3. The van der Waals surface area contributed by atoms with Gasteiger partial charge in [-0.3, -0.25) is 9.89 Å². The molecular formula is C39H39N3O6. The molecule has 0 fully saturated rings. The number of fused-ring (bicyclic) bond motifs is 4. The normalized spacial score (nSPS) is 19.7. The molecular weight excluding hydrogens is 606 g/mol. The SMILES string of the molecule is COc1ccccc1OCCN(C[C@H](O)COC1=CC=C[C@@H]2N=c3ccccc3=C12)C[C@@H](O)CO[C@H]1C=CC=C2N=c3ccccc3=C21. The fraction of sp³-hybridized carbons (Fsp3) is 0.282. The van der Waals surface area contributed by atoms with Crippen LogP contribution in [0, 0.1) is 0 Å². The Balaban J connectivity index is 0.997. The number of rotatable bonds is 15. The molecule has 0 bridgehead atoms. The monoisotopic (exact) mass is 645 g/mol. The van der Waals surface area contributed by atoms with E-state index in [-0.39, 0.29) is 38.4 Å². The van der Waals surface area contributed by atoms with Crippen LogP contribution in [0.3, 0.4) is 0 Å². The highest BCUT2D eigenvalue weighted by Crippen LogP contribution is 2.27. The average molecular weight is 646 g/mol. The highest BCUT2D eigenvalue weighted by atomic mass is 16.5. The Labute approximate surface area is 279 Å². The van der Waals surface area contributed by atoms with E-state index in [1.807, 2.05) is 114 Å². The third-order valence-electron chi connectivity index (χ3n) is 8.68. The molecule has 0 amide bonds. The first kappa shape index (κ1) is 31.8. The molecule has 0 radical (unpaired) electrons. The summed E-state index contributed by atoms with van der Waals surface area (Å²) in [6, 6.07) is 23.4. The van der Waals surface area contributed by atoms with Gasteiger partial charge in [-0.1, -0.05) is 72.8 Å². The van der Waals surface area contributed by atoms with Crippen LogP contribution in [0.4, 0.5) is 0 Å². The van der Waals surface area contributed by atoms with Gasteiger partial charge in [0.05, 0.1) is 42.3 Å². The number of benzene rings is 3. The maximum absolute atomic E-state index is 11.2. The summed E-state index contributed by atoms with van der Waals surface area (Å²) >= 11 is 0. The van der Waals surface area contributed by atoms with Crippen LogP contribution in [0.15, 0.2) is 131 Å². The molecule has 0 spiro atoms. The summed E-state index contributed by atoms with van der Waals surface area (Å²) in [5, 5.41) is 26.3. The molecule has 9 heteroatoms. The molecule has 7 rings (SSSR count). The van der Waals surface area contributed by atoms with Gasteiger partial charge in [0.1, 0.15) is 31.2 Å². The highest BCUT2D eigenvalue weighted by molar-refractivity contribution is 5.73. The summed E-state index contributed by atoms with van der Waals surface area (Å²) in [6.45, 7) is 1.48. The number of hydrogen-bond donors (Lipinski definition) is 2. The molecule has 2 heterocycles. The van der Waals surface area contributed by atoms with Crippen molar-refractivity contribution in [2.75, 3.05) is 46.6 Å². The predicted octanol–water partition coefficient (Wildman–Crippen LogP) is 1.74. The van der Waals surface area contributed by atoms with E-state index in [1.165, 1.54) is 0 Å². The van der Waals surface area contributed by atoms with E-state index in [9.17, 15) is 10.2 Å². The Morgan fingerprint density at radius 1 is 0.750 bits per heavy atom. The van der Waals surface area contributed by atoms with Crippen molar-refractivity contribution in [1.29, 1.82) is 0 Å². The van der Waals surface area contributed by atoms with Gasteiger partial charge in [-0.15, -0.1) is 0 Å². The lowest BCUT2D eigenvalue weighted by atomic mass is 10.00. The molecule has 0 aromatic heterocycles. The zero-order valence-electron chi connectivity index (χ0n) is 26.8. The van der Waals surface area contributed by atoms with Crippen molar-refractivity contribution in [3.8, 4) is 11.5 Å². The predicted molar refractivity (Wildman–Crippen MR) is 182 cm³/mol. The number of hydrogen-bond acceptors (Lipinski definition) is 9. The summed E-state index contributed by atoms with van der Waals surface area (Å²) in [5.41, 5.74) is 2.92. The number of para-hydroxylation sites is 4. The van der Waals surface area contributed by atoms with Gasteiger partial charge in [0.25, 0.3) is 0 Å². The van der Waals surface area contributed by atoms with E-state index in [4.69, 9.17) is 28.9 Å². The van der Waals surface area contributed by atoms with Crippen LogP contribution in [0.1, 0.15) is 0 Å². The second kappa shape index (κ2) is 14.5. The fourth-order valence-electron chi connectivity index (χ4n) is 6.49. The van der Waals surface area contributed by atoms with Gasteiger partial charge in [-0.25, -0.2) is 4.99 Å². The van der Waals surface area contributed by atoms with E-state index in [0.29, 0.717) is 30.4 Å². The van der Waals surface area contributed by atoms with E-state index in [0.717, 1.165) is 38.0 Å². The van der Waals surface area contributed by atoms with Gasteiger partial charge in [0, 0.05) is 41.2 Å². The summed E-state index contributed by atoms with van der Waals surface area (Å²) in [6.07, 6.45) is 9.85. The number of nitrogens with zero attached hydrogens (tertiary/aromatic N) is 3. The summed E-state index contributed by atoms with van der Waals surface area (Å²) in [5.74, 6) is 1.98. The minimum absolute atomic E-state index is 0.0811. The smallest absolute Gasteiger partial charge is 0.161 e. The third kappa shape index (κ3) is 6.90. The zero-order chi connectivity index (χ0) is 32.9. The standard InChI is InChI=1S/C39H39N3O6/c1-45-34-16-6-7-17-35(34)46-21-20-42(22-26(43)24-47-36-18-8-14-32-38(36)28-10-2-4-12-30(28)40-32)23-27(44)25-48-37-19-9-15-33-39(37)29-11-3-5-13-31(29)41-33/h2-19,26-27,32,37,43-44H,20-25H2,1H3/t26-,27+,32-,37-/m0/s1. The number of methoxy groups -OCH3 is 1. The van der Waals surface area contributed by atoms with Crippen LogP contribution in [0.25, 0.3) is 11.1 Å². The second-order valence-electron chi connectivity index (χ2n) is 12.0. The van der Waals surface area contributed by atoms with Crippen LogP contribution < -0.4 is 30.6 Å². The number of allylic oxidation sites excluding steroid dienone is 4. The topological polar surface area (TPSA) is 105 Å². The van der Waals surface area contributed by atoms with Crippen LogP contribution >= 0.6 is 0 Å². The Bertz CT molecular complexity index is 2030. The first-order valence-electron chi connectivity index (χ1n) is 16.3. The molecule has 3 aromatic carbocycles. The van der Waals surface area contributed by atoms with E-state index < -0.39 is 12.2 Å². The van der Waals surface area contributed by atoms with E-state index in [1.54, 1.807) is 7.11 Å². The van der Waals surface area contributed by atoms with Crippen molar-refractivity contribution >= 4 is 11.1 Å². The van der Waals surface area contributed by atoms with Crippen molar-refractivity contribution in [1.82, 2.24) is 4.90 Å². The Hall–Kier alpha value is -4.80. The molecule has 9 nitrogen and oxygen atoms in total. The summed E-state index contributed by atoms with van der Waals surface area (Å²) < 4.78 is 23.9. The lowest BCUT2D eigenvalue weighted by molar-refractivity contribution is -0.00785. The molecule has 246 valence electrons. The summed E-state index contributed by atoms with van der Waals surface area (Å²) in [7, 11) is 1.61. The van der Waals surface area contributed by atoms with Crippen molar-refractivity contribution < 1.29 is 29.2 Å². The van der Waals surface area contributed by atoms with Crippen molar-refractivity contribution in [2.24, 2.45) is 9.98 Å². The van der Waals surface area contributed by atoms with Gasteiger partial charge < -0.3 is 29.2 Å². The third-order valence-corrected chi connectivity index (χ3v) is 8.68. The van der Waals surface area contributed by atoms with E-state index >= 15 is 0 Å². The minimum Gasteiger partial charge on any atom is -0.493 e. The molecule has 2 aliphatic heterocycles. The Kier molecular flexibility index (Phi) is 9.62. The molecule has 3 aromatic rings. The highest BCUT2D eigenvalue weighted by Gasteiger charge is 2.27. The van der Waals surface area contributed by atoms with Gasteiger partial charge in [-0.05, 0) is 36.4 Å². The van der Waals surface area contributed by atoms with Gasteiger partial charge in [-0.2, -0.15) is 0 Å². The first-order chi connectivity index (χ1) is 23.6. The number of aliphatic hydroxyl groups excluding tert-OH is 2. The zero-order valence-corrected chi connectivity index (χ0v) is 26.8. The van der Waals surface area contributed by atoms with Crippen LogP contribution in [-0.4, -0.2) is 86.0 Å². The van der Waals surface area contributed by atoms with Gasteiger partial charge in [0.15, 0.2) is 11.5 Å². The average Bonchev–Trinajstić information content (AvgIpc) is 3.69. The number of aliphatic hydroxyl groups is 2. The Morgan fingerprint density at radius 3 is 2.25 bits per heavy atom. The van der Waals surface area contributed by atoms with E-state index in [2.05, 4.69) is 0 Å². The van der Waals surface area contributed by atoms with Crippen molar-refractivity contribution in [2.45, 2.75) is 24.4 Å². The minimum atomic E-state index is -0.829.